The van der Waals surface area contributed by atoms with Crippen LogP contribution in [-0.4, -0.2) is 41.7 Å². The zero-order chi connectivity index (χ0) is 14.7. The Hall–Kier alpha value is -1.36. The lowest BCUT2D eigenvalue weighted by atomic mass is 9.98. The predicted octanol–water partition coefficient (Wildman–Crippen LogP) is 2.23. The van der Waals surface area contributed by atoms with Crippen LogP contribution in [0.3, 0.4) is 0 Å². The molecule has 0 spiro atoms. The number of nitrogens with zero attached hydrogens (tertiary/aromatic N) is 3. The van der Waals surface area contributed by atoms with Gasteiger partial charge in [-0.2, -0.15) is 4.98 Å². The molecule has 5 heteroatoms. The van der Waals surface area contributed by atoms with E-state index in [4.69, 9.17) is 4.74 Å². The van der Waals surface area contributed by atoms with Crippen LogP contribution in [0.4, 0.5) is 5.95 Å². The smallest absolute Gasteiger partial charge is 0.228 e. The summed E-state index contributed by atoms with van der Waals surface area (Å²) in [6.45, 7) is 7.25. The Labute approximate surface area is 127 Å². The van der Waals surface area contributed by atoms with Crippen LogP contribution in [0.5, 0.6) is 5.88 Å². The average molecular weight is 290 g/mol. The first kappa shape index (κ1) is 14.6. The molecule has 1 aliphatic carbocycles. The molecule has 1 aromatic rings. The molecule has 0 bridgehead atoms. The average Bonchev–Trinajstić information content (AvgIpc) is 3.29. The fraction of sp³-hybridized carbons (Fsp3) is 0.750. The largest absolute Gasteiger partial charge is 0.475 e. The zero-order valence-electron chi connectivity index (χ0n) is 13.1. The molecule has 1 unspecified atom stereocenters. The molecule has 21 heavy (non-hydrogen) atoms. The van der Waals surface area contributed by atoms with Crippen molar-refractivity contribution in [2.24, 2.45) is 5.92 Å². The molecule has 3 rings (SSSR count). The molecule has 0 aromatic carbocycles. The molecule has 116 valence electrons. The van der Waals surface area contributed by atoms with Crippen molar-refractivity contribution in [2.75, 3.05) is 24.5 Å². The molecule has 0 radical (unpaired) electrons. The van der Waals surface area contributed by atoms with Crippen LogP contribution < -0.4 is 15.0 Å². The van der Waals surface area contributed by atoms with E-state index in [1.807, 2.05) is 19.9 Å². The van der Waals surface area contributed by atoms with E-state index in [9.17, 15) is 0 Å². The predicted molar refractivity (Wildman–Crippen MR) is 83.8 cm³/mol. The second kappa shape index (κ2) is 6.60. The molecule has 1 aliphatic heterocycles. The van der Waals surface area contributed by atoms with E-state index < -0.39 is 0 Å². The normalized spacial score (nSPS) is 22.6. The molecule has 0 amide bonds. The van der Waals surface area contributed by atoms with Crippen LogP contribution in [-0.2, 0) is 0 Å². The van der Waals surface area contributed by atoms with Gasteiger partial charge in [0, 0.05) is 31.4 Å². The zero-order valence-corrected chi connectivity index (χ0v) is 13.1. The second-order valence-electron chi connectivity index (χ2n) is 6.50. The van der Waals surface area contributed by atoms with Gasteiger partial charge in [-0.25, -0.2) is 4.98 Å². The molecule has 5 nitrogen and oxygen atoms in total. The van der Waals surface area contributed by atoms with Crippen LogP contribution in [0.1, 0.15) is 39.5 Å². The molecule has 1 atom stereocenters. The first-order chi connectivity index (χ1) is 10.2. The van der Waals surface area contributed by atoms with Crippen molar-refractivity contribution in [3.63, 3.8) is 0 Å². The van der Waals surface area contributed by atoms with Gasteiger partial charge in [0.1, 0.15) is 0 Å². The van der Waals surface area contributed by atoms with E-state index in [-0.39, 0.29) is 6.10 Å². The SMILES string of the molecule is CC(C)Oc1ccnc(N2CCCC(CNC3CC3)C2)n1. The van der Waals surface area contributed by atoms with E-state index in [0.717, 1.165) is 31.6 Å². The van der Waals surface area contributed by atoms with Crippen LogP contribution in [0.2, 0.25) is 0 Å². The van der Waals surface area contributed by atoms with Crippen LogP contribution in [0.25, 0.3) is 0 Å². The summed E-state index contributed by atoms with van der Waals surface area (Å²) in [4.78, 5) is 11.3. The number of aromatic nitrogens is 2. The van der Waals surface area contributed by atoms with Gasteiger partial charge in [-0.05, 0) is 52.0 Å². The number of piperidine rings is 1. The van der Waals surface area contributed by atoms with Crippen molar-refractivity contribution < 1.29 is 4.74 Å². The lowest BCUT2D eigenvalue weighted by Gasteiger charge is -2.33. The summed E-state index contributed by atoms with van der Waals surface area (Å²) in [6, 6.07) is 2.62. The van der Waals surface area contributed by atoms with E-state index in [1.165, 1.54) is 25.7 Å². The molecular weight excluding hydrogens is 264 g/mol. The maximum atomic E-state index is 5.67. The number of anilines is 1. The third kappa shape index (κ3) is 4.30. The van der Waals surface area contributed by atoms with Gasteiger partial charge in [-0.15, -0.1) is 0 Å². The Morgan fingerprint density at radius 1 is 1.38 bits per heavy atom. The summed E-state index contributed by atoms with van der Waals surface area (Å²) in [6.07, 6.45) is 7.17. The van der Waals surface area contributed by atoms with Gasteiger partial charge in [0.25, 0.3) is 0 Å². The first-order valence-corrected chi connectivity index (χ1v) is 8.19. The van der Waals surface area contributed by atoms with Gasteiger partial charge in [0.05, 0.1) is 6.10 Å². The van der Waals surface area contributed by atoms with Gasteiger partial charge in [-0.1, -0.05) is 0 Å². The molecule has 1 N–H and O–H groups in total. The van der Waals surface area contributed by atoms with Crippen molar-refractivity contribution in [3.05, 3.63) is 12.3 Å². The first-order valence-electron chi connectivity index (χ1n) is 8.19. The van der Waals surface area contributed by atoms with E-state index in [2.05, 4.69) is 20.2 Å². The van der Waals surface area contributed by atoms with Crippen LogP contribution >= 0.6 is 0 Å². The summed E-state index contributed by atoms with van der Waals surface area (Å²) in [5.41, 5.74) is 0. The number of ether oxygens (including phenoxy) is 1. The summed E-state index contributed by atoms with van der Waals surface area (Å²) in [7, 11) is 0. The summed E-state index contributed by atoms with van der Waals surface area (Å²) >= 11 is 0. The fourth-order valence-corrected chi connectivity index (χ4v) is 2.83. The van der Waals surface area contributed by atoms with E-state index in [1.54, 1.807) is 6.20 Å². The summed E-state index contributed by atoms with van der Waals surface area (Å²) in [5, 5.41) is 3.64. The van der Waals surface area contributed by atoms with Crippen LogP contribution in [0, 0.1) is 5.92 Å². The van der Waals surface area contributed by atoms with E-state index in [0.29, 0.717) is 11.8 Å². The monoisotopic (exact) mass is 290 g/mol. The highest BCUT2D eigenvalue weighted by molar-refractivity contribution is 5.32. The quantitative estimate of drug-likeness (QED) is 0.870. The van der Waals surface area contributed by atoms with Gasteiger partial charge in [-0.3, -0.25) is 0 Å². The molecule has 2 aliphatic rings. The van der Waals surface area contributed by atoms with Crippen molar-refractivity contribution in [1.82, 2.24) is 15.3 Å². The Balaban J connectivity index is 1.59. The van der Waals surface area contributed by atoms with Gasteiger partial charge in [0.15, 0.2) is 0 Å². The van der Waals surface area contributed by atoms with Crippen molar-refractivity contribution in [3.8, 4) is 5.88 Å². The minimum absolute atomic E-state index is 0.143. The summed E-state index contributed by atoms with van der Waals surface area (Å²) in [5.74, 6) is 2.19. The Bertz CT molecular complexity index is 461. The maximum absolute atomic E-state index is 5.67. The molecular formula is C16H26N4O. The Morgan fingerprint density at radius 2 is 2.24 bits per heavy atom. The molecule has 2 fully saturated rings. The molecule has 1 saturated heterocycles. The highest BCUT2D eigenvalue weighted by Crippen LogP contribution is 2.23. The topological polar surface area (TPSA) is 50.3 Å². The van der Waals surface area contributed by atoms with Crippen molar-refractivity contribution in [1.29, 1.82) is 0 Å². The number of hydrogen-bond acceptors (Lipinski definition) is 5. The number of hydrogen-bond donors (Lipinski definition) is 1. The number of rotatable bonds is 6. The highest BCUT2D eigenvalue weighted by Gasteiger charge is 2.25. The molecule has 1 aromatic heterocycles. The lowest BCUT2D eigenvalue weighted by Crippen LogP contribution is -2.40. The van der Waals surface area contributed by atoms with Gasteiger partial charge >= 0.3 is 0 Å². The molecule has 1 saturated carbocycles. The summed E-state index contributed by atoms with van der Waals surface area (Å²) < 4.78 is 5.67. The third-order valence-electron chi connectivity index (χ3n) is 4.05. The van der Waals surface area contributed by atoms with Gasteiger partial charge in [0.2, 0.25) is 11.8 Å². The standard InChI is InChI=1S/C16H26N4O/c1-12(2)21-15-7-8-17-16(19-15)20-9-3-4-13(11-20)10-18-14-5-6-14/h7-8,12-14,18H,3-6,9-11H2,1-2H3. The van der Waals surface area contributed by atoms with Crippen molar-refractivity contribution >= 4 is 5.95 Å². The number of nitrogens with one attached hydrogen (secondary N) is 1. The van der Waals surface area contributed by atoms with Gasteiger partial charge < -0.3 is 15.0 Å². The second-order valence-corrected chi connectivity index (χ2v) is 6.50. The van der Waals surface area contributed by atoms with Crippen molar-refractivity contribution in [2.45, 2.75) is 51.7 Å². The molecule has 2 heterocycles. The fourth-order valence-electron chi connectivity index (χ4n) is 2.83. The third-order valence-corrected chi connectivity index (χ3v) is 4.05. The lowest BCUT2D eigenvalue weighted by molar-refractivity contribution is 0.232. The minimum atomic E-state index is 0.143. The highest BCUT2D eigenvalue weighted by atomic mass is 16.5. The maximum Gasteiger partial charge on any atom is 0.228 e. The van der Waals surface area contributed by atoms with E-state index >= 15 is 0 Å². The Kier molecular flexibility index (Phi) is 4.58. The van der Waals surface area contributed by atoms with Crippen LogP contribution in [0.15, 0.2) is 12.3 Å². The minimum Gasteiger partial charge on any atom is -0.475 e. The Morgan fingerprint density at radius 3 is 3.00 bits per heavy atom.